The molecule has 0 aliphatic rings. The molecule has 3 rings (SSSR count). The fourth-order valence-electron chi connectivity index (χ4n) is 2.31. The zero-order valence-corrected chi connectivity index (χ0v) is 15.2. The van der Waals surface area contributed by atoms with Crippen LogP contribution in [-0.4, -0.2) is 36.9 Å². The Labute approximate surface area is 153 Å². The van der Waals surface area contributed by atoms with Gasteiger partial charge in [0.15, 0.2) is 0 Å². The Morgan fingerprint density at radius 2 is 2.00 bits per heavy atom. The number of benzene rings is 1. The predicted octanol–water partition coefficient (Wildman–Crippen LogP) is 3.06. The highest BCUT2D eigenvalue weighted by Crippen LogP contribution is 2.23. The van der Waals surface area contributed by atoms with Crippen LogP contribution in [0.25, 0.3) is 5.69 Å². The number of aromatic nitrogens is 5. The van der Waals surface area contributed by atoms with Gasteiger partial charge in [0.25, 0.3) is 0 Å². The number of nitrogens with zero attached hydrogens (tertiary/aromatic N) is 5. The van der Waals surface area contributed by atoms with Crippen LogP contribution in [0.2, 0.25) is 5.02 Å². The smallest absolute Gasteiger partial charge is 0.236 e. The summed E-state index contributed by atoms with van der Waals surface area (Å²) in [5.41, 5.74) is 3.04. The van der Waals surface area contributed by atoms with Gasteiger partial charge in [-0.05, 0) is 47.5 Å². The highest BCUT2D eigenvalue weighted by molar-refractivity contribution is 7.99. The summed E-state index contributed by atoms with van der Waals surface area (Å²) in [5, 5.41) is 15.6. The Morgan fingerprint density at radius 3 is 2.68 bits per heavy atom. The average Bonchev–Trinajstić information content (AvgIpc) is 3.03. The third-order valence-electron chi connectivity index (χ3n) is 3.42. The number of carbonyl (C=O) groups is 1. The number of rotatable bonds is 5. The Morgan fingerprint density at radius 1 is 1.24 bits per heavy atom. The number of tetrazole rings is 1. The molecule has 2 aromatic heterocycles. The van der Waals surface area contributed by atoms with Crippen LogP contribution in [0.4, 0.5) is 5.82 Å². The molecule has 0 atom stereocenters. The summed E-state index contributed by atoms with van der Waals surface area (Å²) >= 11 is 7.03. The van der Waals surface area contributed by atoms with E-state index in [4.69, 9.17) is 11.6 Å². The number of pyridine rings is 1. The van der Waals surface area contributed by atoms with Crippen LogP contribution in [0, 0.1) is 13.8 Å². The maximum atomic E-state index is 12.1. The van der Waals surface area contributed by atoms with E-state index in [1.807, 2.05) is 32.0 Å². The number of hydrogen-bond donors (Lipinski definition) is 1. The topological polar surface area (TPSA) is 85.6 Å². The maximum absolute atomic E-state index is 12.1. The molecular formula is C16H15ClN6OS. The Balaban J connectivity index is 1.69. The third-order valence-corrected chi connectivity index (χ3v) is 4.56. The van der Waals surface area contributed by atoms with E-state index in [9.17, 15) is 4.79 Å². The molecule has 128 valence electrons. The molecule has 0 aliphatic heterocycles. The fraction of sp³-hybridized carbons (Fsp3) is 0.188. The van der Waals surface area contributed by atoms with Crippen molar-refractivity contribution in [2.24, 2.45) is 0 Å². The number of hydrogen-bond acceptors (Lipinski definition) is 6. The van der Waals surface area contributed by atoms with Gasteiger partial charge in [-0.3, -0.25) is 4.79 Å². The molecule has 0 aliphatic carbocycles. The normalized spacial score (nSPS) is 10.7. The summed E-state index contributed by atoms with van der Waals surface area (Å²) in [4.78, 5) is 16.1. The van der Waals surface area contributed by atoms with Crippen LogP contribution >= 0.6 is 23.4 Å². The molecule has 0 saturated heterocycles. The summed E-state index contributed by atoms with van der Waals surface area (Å²) in [7, 11) is 0. The zero-order valence-electron chi connectivity index (χ0n) is 13.6. The first-order valence-electron chi connectivity index (χ1n) is 7.44. The summed E-state index contributed by atoms with van der Waals surface area (Å²) in [6.45, 7) is 3.99. The molecule has 2 heterocycles. The van der Waals surface area contributed by atoms with Gasteiger partial charge < -0.3 is 5.32 Å². The first kappa shape index (κ1) is 17.4. The van der Waals surface area contributed by atoms with Crippen LogP contribution in [0.5, 0.6) is 0 Å². The van der Waals surface area contributed by atoms with Gasteiger partial charge in [-0.1, -0.05) is 41.6 Å². The highest BCUT2D eigenvalue weighted by Gasteiger charge is 2.15. The number of amides is 1. The molecule has 25 heavy (non-hydrogen) atoms. The molecule has 1 amide bonds. The van der Waals surface area contributed by atoms with Crippen molar-refractivity contribution in [1.29, 1.82) is 0 Å². The second-order valence-electron chi connectivity index (χ2n) is 5.31. The van der Waals surface area contributed by atoms with E-state index in [0.29, 0.717) is 16.0 Å². The van der Waals surface area contributed by atoms with E-state index in [-0.39, 0.29) is 11.7 Å². The van der Waals surface area contributed by atoms with Crippen molar-refractivity contribution in [3.05, 3.63) is 52.7 Å². The minimum atomic E-state index is -0.198. The first-order chi connectivity index (χ1) is 12.0. The summed E-state index contributed by atoms with van der Waals surface area (Å²) in [5.74, 6) is 0.413. The summed E-state index contributed by atoms with van der Waals surface area (Å²) < 4.78 is 1.66. The average molecular weight is 375 g/mol. The van der Waals surface area contributed by atoms with Gasteiger partial charge >= 0.3 is 0 Å². The molecular weight excluding hydrogens is 360 g/mol. The van der Waals surface area contributed by atoms with Gasteiger partial charge in [-0.15, -0.1) is 5.10 Å². The van der Waals surface area contributed by atoms with Gasteiger partial charge in [-0.25, -0.2) is 4.98 Å². The van der Waals surface area contributed by atoms with E-state index in [1.165, 1.54) is 18.0 Å². The predicted molar refractivity (Wildman–Crippen MR) is 97.2 cm³/mol. The van der Waals surface area contributed by atoms with E-state index in [2.05, 4.69) is 25.8 Å². The lowest BCUT2D eigenvalue weighted by molar-refractivity contribution is -0.113. The van der Waals surface area contributed by atoms with Gasteiger partial charge in [0.2, 0.25) is 11.1 Å². The molecule has 7 nitrogen and oxygen atoms in total. The van der Waals surface area contributed by atoms with Gasteiger partial charge in [0, 0.05) is 6.20 Å². The molecule has 0 bridgehead atoms. The summed E-state index contributed by atoms with van der Waals surface area (Å²) in [6.07, 6.45) is 1.48. The van der Waals surface area contributed by atoms with Crippen molar-refractivity contribution in [3.8, 4) is 5.69 Å². The van der Waals surface area contributed by atoms with Gasteiger partial charge in [0.1, 0.15) is 5.82 Å². The van der Waals surface area contributed by atoms with Crippen molar-refractivity contribution in [3.63, 3.8) is 0 Å². The number of carbonyl (C=O) groups excluding carboxylic acids is 1. The quantitative estimate of drug-likeness (QED) is 0.691. The van der Waals surface area contributed by atoms with E-state index < -0.39 is 0 Å². The summed E-state index contributed by atoms with van der Waals surface area (Å²) in [6, 6.07) is 9.29. The number of halogens is 1. The Bertz CT molecular complexity index is 876. The van der Waals surface area contributed by atoms with E-state index >= 15 is 0 Å². The van der Waals surface area contributed by atoms with Gasteiger partial charge in [-0.2, -0.15) is 4.68 Å². The lowest BCUT2D eigenvalue weighted by atomic mass is 10.1. The second kappa shape index (κ2) is 7.62. The molecule has 0 radical (unpaired) electrons. The lowest BCUT2D eigenvalue weighted by Gasteiger charge is -2.10. The molecule has 9 heteroatoms. The molecule has 0 unspecified atom stereocenters. The maximum Gasteiger partial charge on any atom is 0.236 e. The molecule has 3 aromatic rings. The molecule has 0 fully saturated rings. The molecule has 0 saturated carbocycles. The molecule has 1 N–H and O–H groups in total. The fourth-order valence-corrected chi connectivity index (χ4v) is 3.10. The van der Waals surface area contributed by atoms with Crippen molar-refractivity contribution < 1.29 is 4.79 Å². The zero-order chi connectivity index (χ0) is 17.8. The van der Waals surface area contributed by atoms with Crippen molar-refractivity contribution >= 4 is 35.1 Å². The second-order valence-corrected chi connectivity index (χ2v) is 6.69. The SMILES string of the molecule is Cc1cccc(C)c1-n1nnnc1SCC(=O)Nc1ccc(Cl)cn1. The van der Waals surface area contributed by atoms with Crippen molar-refractivity contribution in [2.75, 3.05) is 11.1 Å². The van der Waals surface area contributed by atoms with Crippen LogP contribution in [0.15, 0.2) is 41.7 Å². The Kier molecular flexibility index (Phi) is 5.30. The standard InChI is InChI=1S/C16H15ClN6OS/c1-10-4-3-5-11(2)15(10)23-16(20-21-22-23)25-9-14(24)19-13-7-6-12(17)8-18-13/h3-8H,9H2,1-2H3,(H,18,19,24). The lowest BCUT2D eigenvalue weighted by Crippen LogP contribution is -2.15. The third kappa shape index (κ3) is 4.15. The largest absolute Gasteiger partial charge is 0.310 e. The minimum absolute atomic E-state index is 0.162. The number of para-hydroxylation sites is 1. The van der Waals surface area contributed by atoms with E-state index in [1.54, 1.807) is 16.8 Å². The van der Waals surface area contributed by atoms with Gasteiger partial charge in [0.05, 0.1) is 16.5 Å². The van der Waals surface area contributed by atoms with Crippen LogP contribution in [-0.2, 0) is 4.79 Å². The number of anilines is 1. The van der Waals surface area contributed by atoms with Crippen LogP contribution < -0.4 is 5.32 Å². The minimum Gasteiger partial charge on any atom is -0.310 e. The molecule has 1 aromatic carbocycles. The van der Waals surface area contributed by atoms with Crippen molar-refractivity contribution in [1.82, 2.24) is 25.2 Å². The van der Waals surface area contributed by atoms with Crippen LogP contribution in [0.3, 0.4) is 0 Å². The van der Waals surface area contributed by atoms with Crippen molar-refractivity contribution in [2.45, 2.75) is 19.0 Å². The monoisotopic (exact) mass is 374 g/mol. The molecule has 0 spiro atoms. The number of thioether (sulfide) groups is 1. The first-order valence-corrected chi connectivity index (χ1v) is 8.80. The highest BCUT2D eigenvalue weighted by atomic mass is 35.5. The number of nitrogens with one attached hydrogen (secondary N) is 1. The Hall–Kier alpha value is -2.45. The van der Waals surface area contributed by atoms with E-state index in [0.717, 1.165) is 16.8 Å². The van der Waals surface area contributed by atoms with Crippen LogP contribution in [0.1, 0.15) is 11.1 Å². The number of aryl methyl sites for hydroxylation is 2.